The predicted octanol–water partition coefficient (Wildman–Crippen LogP) is 3.24. The molecule has 0 saturated heterocycles. The summed E-state index contributed by atoms with van der Waals surface area (Å²) in [5, 5.41) is 8.90. The van der Waals surface area contributed by atoms with Crippen LogP contribution in [-0.2, 0) is 6.61 Å². The zero-order valence-electron chi connectivity index (χ0n) is 9.77. The first-order valence-corrected chi connectivity index (χ1v) is 5.47. The molecule has 0 spiro atoms. The molecule has 0 aliphatic rings. The molecule has 1 N–H and O–H groups in total. The molecule has 2 aromatic rings. The van der Waals surface area contributed by atoms with Gasteiger partial charge in [0.2, 0.25) is 0 Å². The summed E-state index contributed by atoms with van der Waals surface area (Å²) >= 11 is 0. The van der Waals surface area contributed by atoms with Gasteiger partial charge in [0, 0.05) is 6.07 Å². The predicted molar refractivity (Wildman–Crippen MR) is 64.1 cm³/mol. The Morgan fingerprint density at radius 3 is 2.47 bits per heavy atom. The van der Waals surface area contributed by atoms with Crippen LogP contribution in [0.3, 0.4) is 0 Å². The van der Waals surface area contributed by atoms with Gasteiger partial charge < -0.3 is 9.84 Å². The van der Waals surface area contributed by atoms with Crippen molar-refractivity contribution in [2.45, 2.75) is 6.61 Å². The lowest BCUT2D eigenvalue weighted by atomic mass is 10.2. The number of rotatable bonds is 4. The lowest BCUT2D eigenvalue weighted by Crippen LogP contribution is -2.06. The van der Waals surface area contributed by atoms with Gasteiger partial charge in [-0.05, 0) is 11.6 Å². The van der Waals surface area contributed by atoms with Crippen LogP contribution >= 0.6 is 0 Å². The molecule has 0 amide bonds. The summed E-state index contributed by atoms with van der Waals surface area (Å²) in [5.41, 5.74) is 0.219. The maximum atomic E-state index is 13.5. The maximum absolute atomic E-state index is 13.5. The molecule has 0 radical (unpaired) electrons. The third kappa shape index (κ3) is 3.07. The molecule has 0 saturated carbocycles. The number of ether oxygens (including phenoxy) is 1. The fraction of sp³-hybridized carbons (Fsp3) is 0.0714. The number of hydrogen-bond donors (Lipinski definition) is 1. The van der Waals surface area contributed by atoms with Crippen molar-refractivity contribution in [2.75, 3.05) is 0 Å². The summed E-state index contributed by atoms with van der Waals surface area (Å²) in [6.07, 6.45) is 0. The van der Waals surface area contributed by atoms with E-state index in [0.29, 0.717) is 6.07 Å². The van der Waals surface area contributed by atoms with Gasteiger partial charge in [0.05, 0.1) is 0 Å². The van der Waals surface area contributed by atoms with E-state index in [1.54, 1.807) is 24.3 Å². The minimum atomic E-state index is -1.44. The van der Waals surface area contributed by atoms with E-state index < -0.39 is 28.9 Å². The van der Waals surface area contributed by atoms with E-state index in [2.05, 4.69) is 0 Å². The van der Waals surface area contributed by atoms with Crippen LogP contribution in [0, 0.1) is 11.6 Å². The highest BCUT2D eigenvalue weighted by Gasteiger charge is 2.18. The first kappa shape index (κ1) is 13.0. The Kier molecular flexibility index (Phi) is 3.75. The van der Waals surface area contributed by atoms with Gasteiger partial charge in [0.1, 0.15) is 18.0 Å². The zero-order chi connectivity index (χ0) is 13.8. The molecule has 0 aliphatic heterocycles. The lowest BCUT2D eigenvalue weighted by molar-refractivity contribution is 0.0689. The number of carboxylic acid groups (broad SMARTS) is 1. The average molecular weight is 264 g/mol. The van der Waals surface area contributed by atoms with Crippen LogP contribution in [0.5, 0.6) is 5.75 Å². The summed E-state index contributed by atoms with van der Waals surface area (Å²) < 4.78 is 31.7. The minimum absolute atomic E-state index is 0.00364. The molecule has 2 aromatic carbocycles. The zero-order valence-corrected chi connectivity index (χ0v) is 9.77. The van der Waals surface area contributed by atoms with Crippen LogP contribution in [0.15, 0.2) is 42.5 Å². The summed E-state index contributed by atoms with van der Waals surface area (Å²) in [6, 6.07) is 10.2. The third-order valence-electron chi connectivity index (χ3n) is 2.46. The van der Waals surface area contributed by atoms with Gasteiger partial charge in [-0.2, -0.15) is 0 Å². The smallest absolute Gasteiger partial charge is 0.339 e. The van der Waals surface area contributed by atoms with Crippen LogP contribution in [-0.4, -0.2) is 11.1 Å². The highest BCUT2D eigenvalue weighted by atomic mass is 19.1. The van der Waals surface area contributed by atoms with Gasteiger partial charge in [-0.1, -0.05) is 30.3 Å². The Bertz CT molecular complexity index is 597. The van der Waals surface area contributed by atoms with Crippen molar-refractivity contribution in [2.24, 2.45) is 0 Å². The van der Waals surface area contributed by atoms with Gasteiger partial charge in [-0.3, -0.25) is 0 Å². The second-order valence-electron chi connectivity index (χ2n) is 3.84. The van der Waals surface area contributed by atoms with Crippen LogP contribution in [0.4, 0.5) is 8.78 Å². The van der Waals surface area contributed by atoms with Crippen molar-refractivity contribution in [3.05, 3.63) is 65.2 Å². The van der Waals surface area contributed by atoms with Crippen molar-refractivity contribution in [3.63, 3.8) is 0 Å². The Balaban J connectivity index is 2.27. The van der Waals surface area contributed by atoms with Crippen molar-refractivity contribution in [1.29, 1.82) is 0 Å². The Morgan fingerprint density at radius 2 is 1.84 bits per heavy atom. The molecular formula is C14H10F2O3. The number of halogens is 2. The van der Waals surface area contributed by atoms with E-state index in [-0.39, 0.29) is 6.61 Å². The molecule has 0 bridgehead atoms. The van der Waals surface area contributed by atoms with E-state index >= 15 is 0 Å². The van der Waals surface area contributed by atoms with E-state index in [4.69, 9.17) is 9.84 Å². The first-order chi connectivity index (χ1) is 9.08. The molecule has 3 nitrogen and oxygen atoms in total. The van der Waals surface area contributed by atoms with Crippen molar-refractivity contribution in [3.8, 4) is 5.75 Å². The standard InChI is InChI=1S/C14H10F2O3/c15-10-6-11(14(17)18)13(12(16)7-10)19-8-9-4-2-1-3-5-9/h1-7H,8H2,(H,17,18). The van der Waals surface area contributed by atoms with Gasteiger partial charge >= 0.3 is 5.97 Å². The van der Waals surface area contributed by atoms with E-state index in [9.17, 15) is 13.6 Å². The van der Waals surface area contributed by atoms with Crippen LogP contribution < -0.4 is 4.74 Å². The summed E-state index contributed by atoms with van der Waals surface area (Å²) in [6.45, 7) is 0.00364. The molecule has 0 aliphatic carbocycles. The summed E-state index contributed by atoms with van der Waals surface area (Å²) in [4.78, 5) is 10.9. The number of aromatic carboxylic acids is 1. The molecule has 0 unspecified atom stereocenters. The number of benzene rings is 2. The Morgan fingerprint density at radius 1 is 1.16 bits per heavy atom. The number of carbonyl (C=O) groups is 1. The van der Waals surface area contributed by atoms with Gasteiger partial charge in [0.25, 0.3) is 0 Å². The molecule has 5 heteroatoms. The van der Waals surface area contributed by atoms with Crippen LogP contribution in [0.1, 0.15) is 15.9 Å². The minimum Gasteiger partial charge on any atom is -0.485 e. The van der Waals surface area contributed by atoms with E-state index in [1.165, 1.54) is 0 Å². The third-order valence-corrected chi connectivity index (χ3v) is 2.46. The van der Waals surface area contributed by atoms with Crippen molar-refractivity contribution in [1.82, 2.24) is 0 Å². The van der Waals surface area contributed by atoms with Crippen molar-refractivity contribution >= 4 is 5.97 Å². The van der Waals surface area contributed by atoms with E-state index in [0.717, 1.165) is 11.6 Å². The molecule has 0 fully saturated rings. The Labute approximate surface area is 108 Å². The van der Waals surface area contributed by atoms with Gasteiger partial charge in [0.15, 0.2) is 11.6 Å². The number of hydrogen-bond acceptors (Lipinski definition) is 2. The lowest BCUT2D eigenvalue weighted by Gasteiger charge is -2.10. The Hall–Kier alpha value is -2.43. The molecule has 0 heterocycles. The fourth-order valence-electron chi connectivity index (χ4n) is 1.60. The quantitative estimate of drug-likeness (QED) is 0.922. The molecule has 98 valence electrons. The molecule has 0 atom stereocenters. The monoisotopic (exact) mass is 264 g/mol. The maximum Gasteiger partial charge on any atom is 0.339 e. The van der Waals surface area contributed by atoms with Gasteiger partial charge in [-0.15, -0.1) is 0 Å². The van der Waals surface area contributed by atoms with Crippen LogP contribution in [0.25, 0.3) is 0 Å². The van der Waals surface area contributed by atoms with Gasteiger partial charge in [-0.25, -0.2) is 13.6 Å². The SMILES string of the molecule is O=C(O)c1cc(F)cc(F)c1OCc1ccccc1. The van der Waals surface area contributed by atoms with E-state index in [1.807, 2.05) is 6.07 Å². The number of carboxylic acids is 1. The average Bonchev–Trinajstić information content (AvgIpc) is 2.38. The molecule has 0 aromatic heterocycles. The van der Waals surface area contributed by atoms with Crippen molar-refractivity contribution < 1.29 is 23.4 Å². The molecule has 19 heavy (non-hydrogen) atoms. The second-order valence-corrected chi connectivity index (χ2v) is 3.84. The fourth-order valence-corrected chi connectivity index (χ4v) is 1.60. The molecular weight excluding hydrogens is 254 g/mol. The highest BCUT2D eigenvalue weighted by molar-refractivity contribution is 5.90. The second kappa shape index (κ2) is 5.48. The first-order valence-electron chi connectivity index (χ1n) is 5.47. The molecule has 2 rings (SSSR count). The largest absolute Gasteiger partial charge is 0.485 e. The topological polar surface area (TPSA) is 46.5 Å². The normalized spacial score (nSPS) is 10.2. The highest BCUT2D eigenvalue weighted by Crippen LogP contribution is 2.25. The summed E-state index contributed by atoms with van der Waals surface area (Å²) in [7, 11) is 0. The summed E-state index contributed by atoms with van der Waals surface area (Å²) in [5.74, 6) is -3.89. The van der Waals surface area contributed by atoms with Crippen LogP contribution in [0.2, 0.25) is 0 Å².